The molecule has 2 N–H and O–H groups in total. The molecule has 1 aliphatic carbocycles. The molecule has 284 valence electrons. The SMILES string of the molecule is N#Cc1c(N)sc2c(F)ccc(-c3c(Cl)cc4c(N5CCCC6(C5)CN(C(=O)n5cncn5)C6C5CC5)nc(OC[C@@]56CCCN5C[C@H](F)C6)nc4c3F)c12. The molecule has 5 fully saturated rings. The molecule has 4 aliphatic heterocycles. The van der Waals surface area contributed by atoms with Crippen molar-refractivity contribution in [2.75, 3.05) is 50.0 Å². The summed E-state index contributed by atoms with van der Waals surface area (Å²) in [6.07, 6.45) is 7.63. The highest BCUT2D eigenvalue weighted by molar-refractivity contribution is 7.23. The van der Waals surface area contributed by atoms with Crippen molar-refractivity contribution in [3.63, 3.8) is 0 Å². The number of hydrogen-bond acceptors (Lipinski definition) is 11. The quantitative estimate of drug-likeness (QED) is 0.195. The van der Waals surface area contributed by atoms with Crippen LogP contribution >= 0.6 is 22.9 Å². The van der Waals surface area contributed by atoms with E-state index in [0.717, 1.165) is 56.4 Å². The molecule has 10 rings (SSSR count). The molecule has 5 aromatic rings. The number of halogens is 4. The fraction of sp³-hybridized carbons (Fsp3) is 0.474. The van der Waals surface area contributed by atoms with Crippen LogP contribution in [-0.2, 0) is 0 Å². The number of thiophene rings is 1. The Morgan fingerprint density at radius 3 is 2.78 bits per heavy atom. The number of piperidine rings is 1. The number of carbonyl (C=O) groups is 1. The van der Waals surface area contributed by atoms with E-state index in [4.69, 9.17) is 27.1 Å². The average Bonchev–Trinajstić information content (AvgIpc) is 3.46. The van der Waals surface area contributed by atoms with Crippen LogP contribution in [0, 0.1) is 34.3 Å². The van der Waals surface area contributed by atoms with E-state index < -0.39 is 23.3 Å². The lowest BCUT2D eigenvalue weighted by Crippen LogP contribution is -2.72. The van der Waals surface area contributed by atoms with Crippen molar-refractivity contribution in [1.82, 2.24) is 34.5 Å². The maximum absolute atomic E-state index is 17.3. The molecule has 12 nitrogen and oxygen atoms in total. The molecule has 1 amide bonds. The molecular weight excluding hydrogens is 753 g/mol. The van der Waals surface area contributed by atoms with Crippen molar-refractivity contribution in [3.8, 4) is 23.2 Å². The van der Waals surface area contributed by atoms with Crippen LogP contribution in [-0.4, -0.2) is 97.6 Å². The zero-order chi connectivity index (χ0) is 37.8. The first-order chi connectivity index (χ1) is 26.6. The van der Waals surface area contributed by atoms with Gasteiger partial charge in [0, 0.05) is 60.4 Å². The fourth-order valence-corrected chi connectivity index (χ4v) is 11.4. The lowest BCUT2D eigenvalue weighted by Gasteiger charge is -2.61. The van der Waals surface area contributed by atoms with E-state index in [1.807, 2.05) is 11.0 Å². The number of nitrogens with two attached hydrogens (primary N) is 1. The van der Waals surface area contributed by atoms with E-state index in [-0.39, 0.29) is 72.4 Å². The van der Waals surface area contributed by atoms with E-state index >= 15 is 8.78 Å². The molecule has 4 saturated heterocycles. The van der Waals surface area contributed by atoms with Crippen LogP contribution in [0.5, 0.6) is 6.01 Å². The molecule has 2 unspecified atom stereocenters. The third-order valence-corrected chi connectivity index (χ3v) is 13.9. The number of carbonyl (C=O) groups excluding carboxylic acids is 1. The Balaban J connectivity index is 1.08. The third kappa shape index (κ3) is 5.37. The maximum atomic E-state index is 17.3. The van der Waals surface area contributed by atoms with Crippen molar-refractivity contribution in [1.29, 1.82) is 5.26 Å². The number of nitrogens with zero attached hydrogens (tertiary/aromatic N) is 9. The summed E-state index contributed by atoms with van der Waals surface area (Å²) in [4.78, 5) is 33.2. The van der Waals surface area contributed by atoms with E-state index in [1.54, 1.807) is 6.07 Å². The second-order valence-corrected chi connectivity index (χ2v) is 17.3. The Bertz CT molecular complexity index is 2440. The molecule has 4 atom stereocenters. The van der Waals surface area contributed by atoms with E-state index in [2.05, 4.69) is 24.9 Å². The minimum absolute atomic E-state index is 0.000488. The van der Waals surface area contributed by atoms with E-state index in [9.17, 15) is 14.4 Å². The van der Waals surface area contributed by atoms with Crippen LogP contribution in [0.2, 0.25) is 5.02 Å². The minimum Gasteiger partial charge on any atom is -0.461 e. The van der Waals surface area contributed by atoms with Crippen LogP contribution in [0.4, 0.5) is 28.8 Å². The topological polar surface area (TPSA) is 142 Å². The number of fused-ring (bicyclic) bond motifs is 3. The van der Waals surface area contributed by atoms with Gasteiger partial charge in [-0.3, -0.25) is 4.90 Å². The molecule has 3 aromatic heterocycles. The minimum atomic E-state index is -0.960. The summed E-state index contributed by atoms with van der Waals surface area (Å²) in [7, 11) is 0. The van der Waals surface area contributed by atoms with Gasteiger partial charge in [-0.1, -0.05) is 17.7 Å². The van der Waals surface area contributed by atoms with Crippen LogP contribution in [0.3, 0.4) is 0 Å². The normalized spacial score (nSPS) is 26.5. The Kier molecular flexibility index (Phi) is 7.99. The number of amides is 1. The number of nitrogen functional groups attached to an aromatic ring is 1. The third-order valence-electron chi connectivity index (χ3n) is 12.6. The summed E-state index contributed by atoms with van der Waals surface area (Å²) in [6, 6.07) is 6.03. The maximum Gasteiger partial charge on any atom is 0.346 e. The molecule has 0 bridgehead atoms. The Hall–Kier alpha value is -4.72. The van der Waals surface area contributed by atoms with Crippen LogP contribution in [0.1, 0.15) is 50.5 Å². The Morgan fingerprint density at radius 2 is 2.00 bits per heavy atom. The smallest absolute Gasteiger partial charge is 0.346 e. The summed E-state index contributed by atoms with van der Waals surface area (Å²) >= 11 is 7.90. The lowest BCUT2D eigenvalue weighted by atomic mass is 9.64. The number of nitriles is 1. The first-order valence-electron chi connectivity index (χ1n) is 18.6. The molecule has 1 spiro atoms. The zero-order valence-corrected chi connectivity index (χ0v) is 31.2. The van der Waals surface area contributed by atoms with Crippen molar-refractivity contribution in [2.45, 2.75) is 62.7 Å². The van der Waals surface area contributed by atoms with Crippen LogP contribution < -0.4 is 15.4 Å². The summed E-state index contributed by atoms with van der Waals surface area (Å²) < 4.78 is 54.8. The van der Waals surface area contributed by atoms with Gasteiger partial charge in [0.15, 0.2) is 5.82 Å². The summed E-state index contributed by atoms with van der Waals surface area (Å²) in [6.45, 7) is 2.98. The molecule has 1 saturated carbocycles. The number of alkyl halides is 1. The monoisotopic (exact) mass is 788 g/mol. The van der Waals surface area contributed by atoms with Gasteiger partial charge >= 0.3 is 12.0 Å². The molecule has 2 aromatic carbocycles. The molecule has 17 heteroatoms. The standard InChI is InChI=1S/C38H36ClF3N10O2S/c39-25-11-23-30(29(42)28(25)22-5-6-26(41)31-27(22)24(13-43)33(44)55-31)47-35(54-17-38-8-2-10-50(38)14-21(40)12-38)48-34(23)49-9-1-7-37(15-49)16-51(32(37)20-3-4-20)36(53)52-19-45-18-46-52/h5-6,11,18-21,32H,1-4,7-10,12,14-17,44H2/t21-,32?,37?,38+/m1/s1. The molecular formula is C38H36ClF3N10O2S. The van der Waals surface area contributed by atoms with Crippen molar-refractivity contribution in [2.24, 2.45) is 11.3 Å². The van der Waals surface area contributed by atoms with Gasteiger partial charge in [-0.05, 0) is 68.7 Å². The Morgan fingerprint density at radius 1 is 1.16 bits per heavy atom. The lowest BCUT2D eigenvalue weighted by molar-refractivity contribution is -0.0626. The van der Waals surface area contributed by atoms with Gasteiger partial charge in [0.25, 0.3) is 0 Å². The highest BCUT2D eigenvalue weighted by Gasteiger charge is 2.61. The van der Waals surface area contributed by atoms with Gasteiger partial charge in [-0.15, -0.1) is 11.3 Å². The number of rotatable bonds is 6. The number of likely N-dealkylation sites (tertiary alicyclic amines) is 1. The van der Waals surface area contributed by atoms with Gasteiger partial charge in [-0.25, -0.2) is 22.9 Å². The fourth-order valence-electron chi connectivity index (χ4n) is 10.1. The molecule has 5 aliphatic rings. The molecule has 7 heterocycles. The summed E-state index contributed by atoms with van der Waals surface area (Å²) in [5, 5.41) is 14.7. The second-order valence-electron chi connectivity index (χ2n) is 15.8. The van der Waals surface area contributed by atoms with Gasteiger partial charge < -0.3 is 20.3 Å². The number of aromatic nitrogens is 5. The highest BCUT2D eigenvalue weighted by Crippen LogP contribution is 2.55. The zero-order valence-electron chi connectivity index (χ0n) is 29.7. The van der Waals surface area contributed by atoms with Crippen molar-refractivity contribution in [3.05, 3.63) is 53.1 Å². The van der Waals surface area contributed by atoms with Gasteiger partial charge in [-0.2, -0.15) is 25.0 Å². The van der Waals surface area contributed by atoms with Crippen LogP contribution in [0.25, 0.3) is 32.1 Å². The van der Waals surface area contributed by atoms with Gasteiger partial charge in [0.2, 0.25) is 0 Å². The number of anilines is 2. The summed E-state index contributed by atoms with van der Waals surface area (Å²) in [5.74, 6) is -0.551. The number of hydrogen-bond donors (Lipinski definition) is 1. The predicted octanol–water partition coefficient (Wildman–Crippen LogP) is 6.79. The largest absolute Gasteiger partial charge is 0.461 e. The average molecular weight is 789 g/mol. The molecule has 55 heavy (non-hydrogen) atoms. The second kappa shape index (κ2) is 12.7. The highest BCUT2D eigenvalue weighted by atomic mass is 35.5. The number of ether oxygens (including phenoxy) is 1. The number of benzene rings is 2. The first kappa shape index (κ1) is 34.7. The first-order valence-corrected chi connectivity index (χ1v) is 19.8. The van der Waals surface area contributed by atoms with Crippen molar-refractivity contribution < 1.29 is 22.7 Å². The molecule has 0 radical (unpaired) electrons. The van der Waals surface area contributed by atoms with Crippen LogP contribution in [0.15, 0.2) is 30.9 Å². The predicted molar refractivity (Wildman–Crippen MR) is 201 cm³/mol. The van der Waals surface area contributed by atoms with Crippen molar-refractivity contribution >= 4 is 60.8 Å². The summed E-state index contributed by atoms with van der Waals surface area (Å²) in [5.41, 5.74) is 5.55. The van der Waals surface area contributed by atoms with Gasteiger partial charge in [0.05, 0.1) is 20.8 Å². The van der Waals surface area contributed by atoms with Gasteiger partial charge in [0.1, 0.15) is 53.7 Å². The van der Waals surface area contributed by atoms with E-state index in [1.165, 1.54) is 29.5 Å². The Labute approximate surface area is 322 Å². The van der Waals surface area contributed by atoms with E-state index in [0.29, 0.717) is 49.7 Å².